The van der Waals surface area contributed by atoms with Crippen molar-refractivity contribution in [3.63, 3.8) is 0 Å². The van der Waals surface area contributed by atoms with E-state index in [1.807, 2.05) is 11.9 Å². The van der Waals surface area contributed by atoms with Gasteiger partial charge < -0.3 is 15.5 Å². The molecular formula is C15H27N3O2S. The lowest BCUT2D eigenvalue weighted by Gasteiger charge is -2.32. The lowest BCUT2D eigenvalue weighted by atomic mass is 10.0. The summed E-state index contributed by atoms with van der Waals surface area (Å²) >= 11 is 1.74. The molecule has 0 aromatic carbocycles. The lowest BCUT2D eigenvalue weighted by Crippen LogP contribution is -2.51. The van der Waals surface area contributed by atoms with Gasteiger partial charge in [0.2, 0.25) is 11.8 Å². The molecule has 0 saturated carbocycles. The van der Waals surface area contributed by atoms with Crippen LogP contribution in [0.25, 0.3) is 0 Å². The molecule has 2 aliphatic rings. The van der Waals surface area contributed by atoms with Crippen LogP contribution in [0.4, 0.5) is 0 Å². The number of rotatable bonds is 5. The highest BCUT2D eigenvalue weighted by atomic mass is 32.2. The van der Waals surface area contributed by atoms with E-state index < -0.39 is 0 Å². The molecule has 0 aromatic rings. The zero-order valence-electron chi connectivity index (χ0n) is 13.5. The number of nitrogens with two attached hydrogens (primary N) is 1. The standard InChI is InChI=1S/C15H27N3O2S/c1-10(2)11(16)6-8-17(4)14(20)12-9-21-15(3)7-5-13(19)18(12)15/h10-12H,5-9,16H2,1-4H3. The molecule has 0 aliphatic carbocycles. The number of carbonyl (C=O) groups is 2. The third-order valence-electron chi connectivity index (χ3n) is 4.76. The van der Waals surface area contributed by atoms with Crippen LogP contribution in [0.3, 0.4) is 0 Å². The Morgan fingerprint density at radius 1 is 1.57 bits per heavy atom. The van der Waals surface area contributed by atoms with Crippen LogP contribution in [0.15, 0.2) is 0 Å². The number of amides is 2. The molecule has 2 aliphatic heterocycles. The predicted octanol–water partition coefficient (Wildman–Crippen LogP) is 1.27. The minimum absolute atomic E-state index is 0.0532. The highest BCUT2D eigenvalue weighted by Gasteiger charge is 2.53. The van der Waals surface area contributed by atoms with Gasteiger partial charge in [-0.1, -0.05) is 13.8 Å². The van der Waals surface area contributed by atoms with Crippen molar-refractivity contribution >= 4 is 23.6 Å². The van der Waals surface area contributed by atoms with Crippen LogP contribution < -0.4 is 5.73 Å². The normalized spacial score (nSPS) is 29.9. The van der Waals surface area contributed by atoms with E-state index in [-0.39, 0.29) is 28.8 Å². The maximum atomic E-state index is 12.6. The molecule has 3 unspecified atom stereocenters. The van der Waals surface area contributed by atoms with Crippen LogP contribution in [-0.2, 0) is 9.59 Å². The van der Waals surface area contributed by atoms with Crippen LogP contribution in [0.1, 0.15) is 40.0 Å². The second-order valence-corrected chi connectivity index (χ2v) is 8.22. The third kappa shape index (κ3) is 3.21. The largest absolute Gasteiger partial charge is 0.344 e. The lowest BCUT2D eigenvalue weighted by molar-refractivity contribution is -0.142. The van der Waals surface area contributed by atoms with Crippen LogP contribution in [0, 0.1) is 5.92 Å². The summed E-state index contributed by atoms with van der Waals surface area (Å²) < 4.78 is 0. The molecule has 0 bridgehead atoms. The zero-order valence-corrected chi connectivity index (χ0v) is 14.3. The van der Waals surface area contributed by atoms with Gasteiger partial charge in [0.05, 0.1) is 4.87 Å². The first-order valence-electron chi connectivity index (χ1n) is 7.73. The Kier molecular flexibility index (Phi) is 4.88. The first-order valence-corrected chi connectivity index (χ1v) is 8.71. The van der Waals surface area contributed by atoms with E-state index in [0.29, 0.717) is 24.6 Å². The van der Waals surface area contributed by atoms with E-state index >= 15 is 0 Å². The smallest absolute Gasteiger partial charge is 0.246 e. The van der Waals surface area contributed by atoms with Crippen molar-refractivity contribution in [2.45, 2.75) is 57.0 Å². The molecule has 21 heavy (non-hydrogen) atoms. The van der Waals surface area contributed by atoms with Crippen molar-refractivity contribution in [3.05, 3.63) is 0 Å². The Hall–Kier alpha value is -0.750. The fraction of sp³-hybridized carbons (Fsp3) is 0.867. The second-order valence-electron chi connectivity index (χ2n) is 6.72. The van der Waals surface area contributed by atoms with E-state index in [0.717, 1.165) is 12.8 Å². The molecule has 120 valence electrons. The van der Waals surface area contributed by atoms with Crippen LogP contribution in [0.5, 0.6) is 0 Å². The molecule has 5 nitrogen and oxygen atoms in total. The van der Waals surface area contributed by atoms with Gasteiger partial charge in [-0.2, -0.15) is 0 Å². The van der Waals surface area contributed by atoms with Gasteiger partial charge in [0.1, 0.15) is 6.04 Å². The Morgan fingerprint density at radius 3 is 2.86 bits per heavy atom. The molecule has 0 aromatic heterocycles. The zero-order chi connectivity index (χ0) is 15.8. The summed E-state index contributed by atoms with van der Waals surface area (Å²) in [6.45, 7) is 6.91. The Balaban J connectivity index is 1.95. The summed E-state index contributed by atoms with van der Waals surface area (Å²) in [5, 5.41) is 0. The quantitative estimate of drug-likeness (QED) is 0.830. The van der Waals surface area contributed by atoms with Crippen LogP contribution >= 0.6 is 11.8 Å². The Labute approximate surface area is 131 Å². The first-order chi connectivity index (χ1) is 9.76. The van der Waals surface area contributed by atoms with Crippen LogP contribution in [0.2, 0.25) is 0 Å². The molecule has 2 fully saturated rings. The van der Waals surface area contributed by atoms with Gasteiger partial charge in [0.15, 0.2) is 0 Å². The molecule has 0 spiro atoms. The molecule has 2 N–H and O–H groups in total. The summed E-state index contributed by atoms with van der Waals surface area (Å²) in [6, 6.07) is -0.188. The fourth-order valence-corrected chi connectivity index (χ4v) is 4.47. The van der Waals surface area contributed by atoms with Gasteiger partial charge in [-0.15, -0.1) is 11.8 Å². The SMILES string of the molecule is CC(C)C(N)CCN(C)C(=O)C1CSC2(C)CCC(=O)N12. The van der Waals surface area contributed by atoms with Crippen molar-refractivity contribution in [2.75, 3.05) is 19.3 Å². The molecule has 2 saturated heterocycles. The van der Waals surface area contributed by atoms with E-state index in [1.54, 1.807) is 16.7 Å². The van der Waals surface area contributed by atoms with E-state index in [2.05, 4.69) is 20.8 Å². The Morgan fingerprint density at radius 2 is 2.24 bits per heavy atom. The van der Waals surface area contributed by atoms with Gasteiger partial charge in [-0.25, -0.2) is 0 Å². The molecule has 6 heteroatoms. The minimum Gasteiger partial charge on any atom is -0.344 e. The van der Waals surface area contributed by atoms with Gasteiger partial charge in [-0.05, 0) is 25.7 Å². The van der Waals surface area contributed by atoms with Crippen molar-refractivity contribution in [2.24, 2.45) is 11.7 Å². The number of hydrogen-bond donors (Lipinski definition) is 1. The number of carbonyl (C=O) groups excluding carboxylic acids is 2. The minimum atomic E-state index is -0.296. The summed E-state index contributed by atoms with van der Waals surface area (Å²) in [6.07, 6.45) is 2.21. The molecule has 3 atom stereocenters. The summed E-state index contributed by atoms with van der Waals surface area (Å²) in [5.41, 5.74) is 6.04. The summed E-state index contributed by atoms with van der Waals surface area (Å²) in [5.74, 6) is 1.30. The number of hydrogen-bond acceptors (Lipinski definition) is 4. The van der Waals surface area contributed by atoms with Gasteiger partial charge in [0, 0.05) is 31.8 Å². The number of nitrogens with zero attached hydrogens (tertiary/aromatic N) is 2. The summed E-state index contributed by atoms with van der Waals surface area (Å²) in [4.78, 5) is 28.1. The molecule has 0 radical (unpaired) electrons. The predicted molar refractivity (Wildman–Crippen MR) is 85.8 cm³/mol. The van der Waals surface area contributed by atoms with Gasteiger partial charge in [0.25, 0.3) is 0 Å². The monoisotopic (exact) mass is 313 g/mol. The van der Waals surface area contributed by atoms with Crippen molar-refractivity contribution in [3.8, 4) is 0 Å². The van der Waals surface area contributed by atoms with E-state index in [9.17, 15) is 9.59 Å². The molecule has 2 amide bonds. The molecule has 2 rings (SSSR count). The number of thioether (sulfide) groups is 1. The second kappa shape index (κ2) is 6.16. The van der Waals surface area contributed by atoms with Crippen molar-refractivity contribution < 1.29 is 9.59 Å². The average Bonchev–Trinajstić information content (AvgIpc) is 2.92. The highest BCUT2D eigenvalue weighted by molar-refractivity contribution is 8.01. The third-order valence-corrected chi connectivity index (χ3v) is 6.27. The number of fused-ring (bicyclic) bond motifs is 1. The maximum Gasteiger partial charge on any atom is 0.246 e. The average molecular weight is 313 g/mol. The van der Waals surface area contributed by atoms with Gasteiger partial charge in [-0.3, -0.25) is 9.59 Å². The maximum absolute atomic E-state index is 12.6. The highest BCUT2D eigenvalue weighted by Crippen LogP contribution is 2.47. The molecule has 2 heterocycles. The van der Waals surface area contributed by atoms with E-state index in [4.69, 9.17) is 5.73 Å². The van der Waals surface area contributed by atoms with Gasteiger partial charge >= 0.3 is 0 Å². The number of likely N-dealkylation sites (N-methyl/N-ethyl adjacent to an activating group) is 1. The van der Waals surface area contributed by atoms with Crippen LogP contribution in [-0.4, -0.2) is 57.9 Å². The van der Waals surface area contributed by atoms with Crippen molar-refractivity contribution in [1.82, 2.24) is 9.80 Å². The van der Waals surface area contributed by atoms with Crippen molar-refractivity contribution in [1.29, 1.82) is 0 Å². The Bertz CT molecular complexity index is 429. The van der Waals surface area contributed by atoms with E-state index in [1.165, 1.54) is 0 Å². The fourth-order valence-electron chi connectivity index (χ4n) is 3.04. The first kappa shape index (κ1) is 16.6. The topological polar surface area (TPSA) is 66.6 Å². The summed E-state index contributed by atoms with van der Waals surface area (Å²) in [7, 11) is 1.82. The molecular weight excluding hydrogens is 286 g/mol.